The SMILES string of the molecule is Cc1cccc(COC[C@@]23COC[C@@H]2CN(Cc2nc(C)cs2)C3)n1. The van der Waals surface area contributed by atoms with Crippen molar-refractivity contribution in [1.82, 2.24) is 14.9 Å². The third-order valence-corrected chi connectivity index (χ3v) is 6.15. The van der Waals surface area contributed by atoms with E-state index < -0.39 is 0 Å². The van der Waals surface area contributed by atoms with Crippen molar-refractivity contribution < 1.29 is 9.47 Å². The quantitative estimate of drug-likeness (QED) is 0.794. The molecule has 0 aromatic carbocycles. The highest BCUT2D eigenvalue weighted by molar-refractivity contribution is 7.09. The Labute approximate surface area is 153 Å². The second-order valence-corrected chi connectivity index (χ2v) is 8.33. The minimum Gasteiger partial charge on any atom is -0.380 e. The molecular weight excluding hydrogens is 334 g/mol. The van der Waals surface area contributed by atoms with Crippen molar-refractivity contribution in [3.8, 4) is 0 Å². The van der Waals surface area contributed by atoms with Crippen molar-refractivity contribution in [2.45, 2.75) is 27.0 Å². The summed E-state index contributed by atoms with van der Waals surface area (Å²) in [6.45, 7) is 10.1. The predicted octanol–water partition coefficient (Wildman–Crippen LogP) is 2.82. The average molecular weight is 359 g/mol. The van der Waals surface area contributed by atoms with E-state index in [1.807, 2.05) is 25.1 Å². The smallest absolute Gasteiger partial charge is 0.107 e. The lowest BCUT2D eigenvalue weighted by Crippen LogP contribution is -2.35. The summed E-state index contributed by atoms with van der Waals surface area (Å²) >= 11 is 1.76. The number of ether oxygens (including phenoxy) is 2. The number of nitrogens with zero attached hydrogens (tertiary/aromatic N) is 3. The number of aryl methyl sites for hydroxylation is 2. The van der Waals surface area contributed by atoms with Gasteiger partial charge in [0.15, 0.2) is 0 Å². The molecule has 0 N–H and O–H groups in total. The molecule has 6 heteroatoms. The largest absolute Gasteiger partial charge is 0.380 e. The van der Waals surface area contributed by atoms with Gasteiger partial charge in [-0.3, -0.25) is 9.88 Å². The predicted molar refractivity (Wildman–Crippen MR) is 97.5 cm³/mol. The van der Waals surface area contributed by atoms with Crippen LogP contribution >= 0.6 is 11.3 Å². The Morgan fingerprint density at radius 2 is 2.24 bits per heavy atom. The van der Waals surface area contributed by atoms with Gasteiger partial charge in [0.2, 0.25) is 0 Å². The molecule has 4 rings (SSSR count). The van der Waals surface area contributed by atoms with Gasteiger partial charge in [0.05, 0.1) is 38.7 Å². The molecule has 2 aromatic heterocycles. The number of pyridine rings is 1. The summed E-state index contributed by atoms with van der Waals surface area (Å²) < 4.78 is 11.9. The van der Waals surface area contributed by atoms with Gasteiger partial charge in [-0.05, 0) is 26.0 Å². The molecule has 2 aliphatic rings. The summed E-state index contributed by atoms with van der Waals surface area (Å²) in [6, 6.07) is 6.07. The van der Waals surface area contributed by atoms with Gasteiger partial charge < -0.3 is 9.47 Å². The van der Waals surface area contributed by atoms with Crippen LogP contribution in [0.15, 0.2) is 23.6 Å². The molecule has 0 amide bonds. The normalized spacial score (nSPS) is 26.2. The van der Waals surface area contributed by atoms with E-state index in [0.717, 1.165) is 56.5 Å². The Bertz CT molecular complexity index is 735. The van der Waals surface area contributed by atoms with Gasteiger partial charge in [0.25, 0.3) is 0 Å². The molecule has 134 valence electrons. The summed E-state index contributed by atoms with van der Waals surface area (Å²) in [5.74, 6) is 0.555. The van der Waals surface area contributed by atoms with Crippen LogP contribution in [0.1, 0.15) is 22.1 Å². The number of likely N-dealkylation sites (tertiary alicyclic amines) is 1. The summed E-state index contributed by atoms with van der Waals surface area (Å²) in [4.78, 5) is 11.6. The first kappa shape index (κ1) is 17.1. The maximum absolute atomic E-state index is 6.08. The molecule has 0 bridgehead atoms. The molecule has 2 saturated heterocycles. The first-order valence-corrected chi connectivity index (χ1v) is 9.72. The molecule has 0 spiro atoms. The van der Waals surface area contributed by atoms with E-state index in [-0.39, 0.29) is 5.41 Å². The molecule has 0 saturated carbocycles. The second-order valence-electron chi connectivity index (χ2n) is 7.39. The molecular formula is C19H25N3O2S. The van der Waals surface area contributed by atoms with E-state index in [9.17, 15) is 0 Å². The topological polar surface area (TPSA) is 47.5 Å². The number of fused-ring (bicyclic) bond motifs is 1. The minimum absolute atomic E-state index is 0.121. The molecule has 2 aromatic rings. The maximum Gasteiger partial charge on any atom is 0.107 e. The molecule has 2 aliphatic heterocycles. The van der Waals surface area contributed by atoms with Crippen LogP contribution in [0.2, 0.25) is 0 Å². The standard InChI is InChI=1S/C19H25N3O2S/c1-14-4-3-5-17(20-14)9-24-13-19-11-22(6-16(19)8-23-12-19)7-18-21-15(2)10-25-18/h3-5,10,16H,6-9,11-13H2,1-2H3/t16-,19+/m0/s1. The lowest BCUT2D eigenvalue weighted by atomic mass is 9.82. The first-order valence-electron chi connectivity index (χ1n) is 8.84. The zero-order chi connectivity index (χ0) is 17.3. The van der Waals surface area contributed by atoms with Crippen LogP contribution < -0.4 is 0 Å². The Hall–Kier alpha value is -1.34. The van der Waals surface area contributed by atoms with Crippen molar-refractivity contribution in [3.63, 3.8) is 0 Å². The van der Waals surface area contributed by atoms with Gasteiger partial charge in [0, 0.05) is 41.2 Å². The lowest BCUT2D eigenvalue weighted by Gasteiger charge is -2.27. The summed E-state index contributed by atoms with van der Waals surface area (Å²) in [6.07, 6.45) is 0. The Balaban J connectivity index is 1.36. The Morgan fingerprint density at radius 3 is 3.04 bits per heavy atom. The van der Waals surface area contributed by atoms with Crippen LogP contribution in [0.25, 0.3) is 0 Å². The number of aromatic nitrogens is 2. The average Bonchev–Trinajstić information content (AvgIpc) is 3.22. The first-order chi connectivity index (χ1) is 12.1. The van der Waals surface area contributed by atoms with Gasteiger partial charge >= 0.3 is 0 Å². The number of rotatable bonds is 6. The molecule has 5 nitrogen and oxygen atoms in total. The van der Waals surface area contributed by atoms with Gasteiger partial charge in [0.1, 0.15) is 5.01 Å². The molecule has 25 heavy (non-hydrogen) atoms. The van der Waals surface area contributed by atoms with Crippen LogP contribution in [0.3, 0.4) is 0 Å². The van der Waals surface area contributed by atoms with E-state index >= 15 is 0 Å². The maximum atomic E-state index is 6.08. The third kappa shape index (κ3) is 3.77. The van der Waals surface area contributed by atoms with Gasteiger partial charge in [-0.25, -0.2) is 4.98 Å². The summed E-state index contributed by atoms with van der Waals surface area (Å²) in [5, 5.41) is 3.33. The van der Waals surface area contributed by atoms with Crippen LogP contribution in [0, 0.1) is 25.2 Å². The van der Waals surface area contributed by atoms with Crippen LogP contribution in [0.5, 0.6) is 0 Å². The fraction of sp³-hybridized carbons (Fsp3) is 0.579. The van der Waals surface area contributed by atoms with E-state index in [4.69, 9.17) is 9.47 Å². The minimum atomic E-state index is 0.121. The second kappa shape index (κ2) is 7.11. The Kier molecular flexibility index (Phi) is 4.86. The van der Waals surface area contributed by atoms with Gasteiger partial charge in [-0.2, -0.15) is 0 Å². The van der Waals surface area contributed by atoms with E-state index in [0.29, 0.717) is 12.5 Å². The van der Waals surface area contributed by atoms with Crippen molar-refractivity contribution in [2.75, 3.05) is 32.9 Å². The highest BCUT2D eigenvalue weighted by Crippen LogP contribution is 2.42. The summed E-state index contributed by atoms with van der Waals surface area (Å²) in [7, 11) is 0. The van der Waals surface area contributed by atoms with E-state index in [1.54, 1.807) is 11.3 Å². The molecule has 4 heterocycles. The fourth-order valence-electron chi connectivity index (χ4n) is 3.97. The van der Waals surface area contributed by atoms with Crippen molar-refractivity contribution in [1.29, 1.82) is 0 Å². The molecule has 2 atom stereocenters. The molecule has 2 fully saturated rings. The number of hydrogen-bond donors (Lipinski definition) is 0. The monoisotopic (exact) mass is 359 g/mol. The van der Waals surface area contributed by atoms with Crippen molar-refractivity contribution in [3.05, 3.63) is 45.7 Å². The van der Waals surface area contributed by atoms with Crippen molar-refractivity contribution in [2.24, 2.45) is 11.3 Å². The van der Waals surface area contributed by atoms with Crippen LogP contribution in [-0.2, 0) is 22.6 Å². The highest BCUT2D eigenvalue weighted by Gasteiger charge is 2.50. The zero-order valence-corrected chi connectivity index (χ0v) is 15.7. The zero-order valence-electron chi connectivity index (χ0n) is 14.9. The Morgan fingerprint density at radius 1 is 1.32 bits per heavy atom. The van der Waals surface area contributed by atoms with E-state index in [2.05, 4.69) is 27.2 Å². The third-order valence-electron chi connectivity index (χ3n) is 5.20. The number of hydrogen-bond acceptors (Lipinski definition) is 6. The fourth-order valence-corrected chi connectivity index (χ4v) is 4.79. The highest BCUT2D eigenvalue weighted by atomic mass is 32.1. The van der Waals surface area contributed by atoms with Gasteiger partial charge in [-0.15, -0.1) is 11.3 Å². The van der Waals surface area contributed by atoms with Gasteiger partial charge in [-0.1, -0.05) is 6.07 Å². The molecule has 0 aliphatic carbocycles. The van der Waals surface area contributed by atoms with Crippen molar-refractivity contribution >= 4 is 11.3 Å². The molecule has 0 unspecified atom stereocenters. The lowest BCUT2D eigenvalue weighted by molar-refractivity contribution is 0.0171. The van der Waals surface area contributed by atoms with Crippen LogP contribution in [0.4, 0.5) is 0 Å². The molecule has 0 radical (unpaired) electrons. The number of thiazole rings is 1. The van der Waals surface area contributed by atoms with Crippen LogP contribution in [-0.4, -0.2) is 47.8 Å². The van der Waals surface area contributed by atoms with E-state index in [1.165, 1.54) is 5.01 Å². The summed E-state index contributed by atoms with van der Waals surface area (Å²) in [5.41, 5.74) is 3.27.